The topological polar surface area (TPSA) is 36.9 Å². The van der Waals surface area contributed by atoms with E-state index in [1.165, 1.54) is 0 Å². The second-order valence-corrected chi connectivity index (χ2v) is 13.1. The summed E-state index contributed by atoms with van der Waals surface area (Å²) in [7, 11) is 0. The summed E-state index contributed by atoms with van der Waals surface area (Å²) in [5, 5.41) is 0. The smallest absolute Gasteiger partial charge is 0.165 e. The molecule has 0 heterocycles. The minimum absolute atomic E-state index is 0.0368. The Morgan fingerprint density at radius 3 is 0.700 bits per heavy atom. The van der Waals surface area contributed by atoms with Crippen LogP contribution >= 0.6 is 0 Å². The summed E-state index contributed by atoms with van der Waals surface area (Å²) in [6.07, 6.45) is 0. The first kappa shape index (κ1) is 26.5. The minimum atomic E-state index is 0.0368. The molecule has 0 fully saturated rings. The third kappa shape index (κ3) is 11.6. The summed E-state index contributed by atoms with van der Waals surface area (Å²) in [5.74, 6) is 2.78. The Labute approximate surface area is 185 Å². The van der Waals surface area contributed by atoms with E-state index in [9.17, 15) is 0 Å². The van der Waals surface area contributed by atoms with E-state index in [1.54, 1.807) is 0 Å². The fraction of sp³-hybridized carbons (Fsp3) is 0.769. The van der Waals surface area contributed by atoms with Gasteiger partial charge in [-0.3, -0.25) is 0 Å². The Kier molecular flexibility index (Phi) is 8.55. The van der Waals surface area contributed by atoms with Crippen molar-refractivity contribution in [3.63, 3.8) is 0 Å². The van der Waals surface area contributed by atoms with Gasteiger partial charge < -0.3 is 18.9 Å². The monoisotopic (exact) mass is 422 g/mol. The maximum Gasteiger partial charge on any atom is 0.165 e. The van der Waals surface area contributed by atoms with Crippen LogP contribution in [0, 0.1) is 21.7 Å². The molecule has 0 saturated heterocycles. The summed E-state index contributed by atoms with van der Waals surface area (Å²) in [6, 6.07) is 3.85. The zero-order valence-corrected chi connectivity index (χ0v) is 21.6. The molecule has 4 nitrogen and oxygen atoms in total. The largest absolute Gasteiger partial charge is 0.489 e. The van der Waals surface area contributed by atoms with Crippen LogP contribution in [-0.4, -0.2) is 26.4 Å². The summed E-state index contributed by atoms with van der Waals surface area (Å²) >= 11 is 0. The zero-order chi connectivity index (χ0) is 23.4. The molecule has 0 bridgehead atoms. The maximum atomic E-state index is 6.18. The lowest BCUT2D eigenvalue weighted by Crippen LogP contribution is -2.21. The standard InChI is InChI=1S/C26H46O4/c1-23(2,3)15-27-19-13-21(29-17-25(7,8)9)22(30-18-26(10,11)12)14-20(19)28-16-24(4,5)6/h13-14H,15-18H2,1-12H3. The van der Waals surface area contributed by atoms with Crippen molar-refractivity contribution >= 4 is 0 Å². The molecule has 0 aliphatic heterocycles. The van der Waals surface area contributed by atoms with Gasteiger partial charge >= 0.3 is 0 Å². The van der Waals surface area contributed by atoms with E-state index in [-0.39, 0.29) is 21.7 Å². The molecule has 1 aromatic rings. The molecule has 4 heteroatoms. The molecule has 1 rings (SSSR count). The molecule has 0 aromatic heterocycles. The quantitative estimate of drug-likeness (QED) is 0.438. The van der Waals surface area contributed by atoms with E-state index in [0.717, 1.165) is 0 Å². The third-order valence-corrected chi connectivity index (χ3v) is 3.65. The average molecular weight is 423 g/mol. The van der Waals surface area contributed by atoms with Gasteiger partial charge in [-0.15, -0.1) is 0 Å². The van der Waals surface area contributed by atoms with Crippen molar-refractivity contribution in [2.45, 2.75) is 83.1 Å². The predicted octanol–water partition coefficient (Wildman–Crippen LogP) is 7.39. The molecule has 0 aliphatic carbocycles. The second-order valence-electron chi connectivity index (χ2n) is 13.1. The van der Waals surface area contributed by atoms with Crippen LogP contribution in [0.1, 0.15) is 83.1 Å². The van der Waals surface area contributed by atoms with Crippen LogP contribution in [0.2, 0.25) is 0 Å². The Morgan fingerprint density at radius 1 is 0.400 bits per heavy atom. The first-order valence-corrected chi connectivity index (χ1v) is 11.0. The highest BCUT2D eigenvalue weighted by Crippen LogP contribution is 2.42. The van der Waals surface area contributed by atoms with E-state index in [1.807, 2.05) is 12.1 Å². The van der Waals surface area contributed by atoms with Gasteiger partial charge in [0.2, 0.25) is 0 Å². The molecule has 1 aromatic carbocycles. The number of ether oxygens (including phenoxy) is 4. The minimum Gasteiger partial charge on any atom is -0.489 e. The predicted molar refractivity (Wildman–Crippen MR) is 126 cm³/mol. The Bertz CT molecular complexity index is 550. The molecule has 0 saturated carbocycles. The van der Waals surface area contributed by atoms with Crippen molar-refractivity contribution < 1.29 is 18.9 Å². The highest BCUT2D eigenvalue weighted by atomic mass is 16.5. The van der Waals surface area contributed by atoms with E-state index < -0.39 is 0 Å². The van der Waals surface area contributed by atoms with Crippen molar-refractivity contribution in [1.82, 2.24) is 0 Å². The zero-order valence-electron chi connectivity index (χ0n) is 21.6. The molecule has 30 heavy (non-hydrogen) atoms. The Balaban J connectivity index is 3.31. The highest BCUT2D eigenvalue weighted by molar-refractivity contribution is 5.54. The van der Waals surface area contributed by atoms with Crippen LogP contribution in [0.5, 0.6) is 23.0 Å². The lowest BCUT2D eigenvalue weighted by molar-refractivity contribution is 0.154. The van der Waals surface area contributed by atoms with Crippen LogP contribution in [0.25, 0.3) is 0 Å². The molecule has 0 spiro atoms. The van der Waals surface area contributed by atoms with Crippen LogP contribution in [0.4, 0.5) is 0 Å². The number of hydrogen-bond acceptors (Lipinski definition) is 4. The Morgan fingerprint density at radius 2 is 0.567 bits per heavy atom. The molecular formula is C26H46O4. The normalized spacial score (nSPS) is 13.2. The lowest BCUT2D eigenvalue weighted by atomic mass is 9.98. The van der Waals surface area contributed by atoms with Crippen molar-refractivity contribution in [2.24, 2.45) is 21.7 Å². The first-order chi connectivity index (χ1) is 13.3. The summed E-state index contributed by atoms with van der Waals surface area (Å²) < 4.78 is 24.7. The first-order valence-electron chi connectivity index (χ1n) is 11.0. The van der Waals surface area contributed by atoms with Gasteiger partial charge in [0.05, 0.1) is 26.4 Å². The SMILES string of the molecule is CC(C)(C)COc1cc(OCC(C)(C)C)c(OCC(C)(C)C)cc1OCC(C)(C)C. The van der Waals surface area contributed by atoms with Gasteiger partial charge in [0.15, 0.2) is 23.0 Å². The molecule has 0 aliphatic rings. The van der Waals surface area contributed by atoms with Crippen molar-refractivity contribution in [2.75, 3.05) is 26.4 Å². The Hall–Kier alpha value is -1.58. The molecule has 0 unspecified atom stereocenters. The summed E-state index contributed by atoms with van der Waals surface area (Å²) in [6.45, 7) is 28.2. The third-order valence-electron chi connectivity index (χ3n) is 3.65. The van der Waals surface area contributed by atoms with Crippen molar-refractivity contribution in [3.05, 3.63) is 12.1 Å². The van der Waals surface area contributed by atoms with Gasteiger partial charge in [-0.2, -0.15) is 0 Å². The number of rotatable bonds is 8. The summed E-state index contributed by atoms with van der Waals surface area (Å²) in [4.78, 5) is 0. The van der Waals surface area contributed by atoms with Gasteiger partial charge in [0, 0.05) is 12.1 Å². The summed E-state index contributed by atoms with van der Waals surface area (Å²) in [5.41, 5.74) is 0.147. The second kappa shape index (κ2) is 9.70. The fourth-order valence-corrected chi connectivity index (χ4v) is 2.15. The van der Waals surface area contributed by atoms with Crippen LogP contribution in [0.15, 0.2) is 12.1 Å². The van der Waals surface area contributed by atoms with Gasteiger partial charge in [-0.05, 0) is 21.7 Å². The lowest BCUT2D eigenvalue weighted by Gasteiger charge is -2.26. The number of hydrogen-bond donors (Lipinski definition) is 0. The van der Waals surface area contributed by atoms with Gasteiger partial charge in [-0.1, -0.05) is 83.1 Å². The van der Waals surface area contributed by atoms with E-state index in [0.29, 0.717) is 49.4 Å². The van der Waals surface area contributed by atoms with Crippen LogP contribution in [0.3, 0.4) is 0 Å². The molecule has 0 amide bonds. The average Bonchev–Trinajstić information content (AvgIpc) is 2.52. The van der Waals surface area contributed by atoms with E-state index in [4.69, 9.17) is 18.9 Å². The van der Waals surface area contributed by atoms with Crippen molar-refractivity contribution in [3.8, 4) is 23.0 Å². The molecule has 174 valence electrons. The highest BCUT2D eigenvalue weighted by Gasteiger charge is 2.22. The van der Waals surface area contributed by atoms with Gasteiger partial charge in [-0.25, -0.2) is 0 Å². The van der Waals surface area contributed by atoms with Crippen LogP contribution < -0.4 is 18.9 Å². The molecule has 0 N–H and O–H groups in total. The molecule has 0 radical (unpaired) electrons. The van der Waals surface area contributed by atoms with E-state index in [2.05, 4.69) is 83.1 Å². The van der Waals surface area contributed by atoms with Crippen LogP contribution in [-0.2, 0) is 0 Å². The molecule has 0 atom stereocenters. The fourth-order valence-electron chi connectivity index (χ4n) is 2.15. The maximum absolute atomic E-state index is 6.18. The van der Waals surface area contributed by atoms with E-state index >= 15 is 0 Å². The number of benzene rings is 1. The van der Waals surface area contributed by atoms with Crippen molar-refractivity contribution in [1.29, 1.82) is 0 Å². The van der Waals surface area contributed by atoms with Gasteiger partial charge in [0.25, 0.3) is 0 Å². The van der Waals surface area contributed by atoms with Gasteiger partial charge in [0.1, 0.15) is 0 Å². The molecular weight excluding hydrogens is 376 g/mol.